The molecule has 1 aromatic heterocycles. The molecule has 20 heavy (non-hydrogen) atoms. The maximum Gasteiger partial charge on any atom is 0.271 e. The van der Waals surface area contributed by atoms with E-state index in [1.807, 2.05) is 6.92 Å². The SMILES string of the molecule is CCNc1cncc(C(=O)NCC2CCCCN2C)n1. The van der Waals surface area contributed by atoms with Crippen LogP contribution in [0.1, 0.15) is 36.7 Å². The van der Waals surface area contributed by atoms with Crippen molar-refractivity contribution in [1.29, 1.82) is 0 Å². The third-order valence-corrected chi connectivity index (χ3v) is 3.64. The lowest BCUT2D eigenvalue weighted by Gasteiger charge is -2.32. The number of likely N-dealkylation sites (N-methyl/N-ethyl adjacent to an activating group) is 1. The molecule has 1 aromatic rings. The van der Waals surface area contributed by atoms with Crippen molar-refractivity contribution in [3.05, 3.63) is 18.1 Å². The van der Waals surface area contributed by atoms with Crippen molar-refractivity contribution in [2.45, 2.75) is 32.2 Å². The van der Waals surface area contributed by atoms with Crippen LogP contribution in [0.15, 0.2) is 12.4 Å². The quantitative estimate of drug-likeness (QED) is 0.844. The van der Waals surface area contributed by atoms with E-state index in [9.17, 15) is 4.79 Å². The molecule has 0 saturated carbocycles. The summed E-state index contributed by atoms with van der Waals surface area (Å²) in [5.74, 6) is 0.478. The van der Waals surface area contributed by atoms with Crippen LogP contribution in [0.5, 0.6) is 0 Å². The van der Waals surface area contributed by atoms with E-state index < -0.39 is 0 Å². The smallest absolute Gasteiger partial charge is 0.271 e. The average molecular weight is 277 g/mol. The van der Waals surface area contributed by atoms with E-state index in [1.54, 1.807) is 6.20 Å². The molecule has 1 atom stereocenters. The second kappa shape index (κ2) is 7.19. The Morgan fingerprint density at radius 1 is 1.45 bits per heavy atom. The van der Waals surface area contributed by atoms with E-state index in [4.69, 9.17) is 0 Å². The molecule has 1 amide bonds. The standard InChI is InChI=1S/C14H23N5O/c1-3-16-13-10-15-9-12(18-13)14(20)17-8-11-6-4-5-7-19(11)2/h9-11H,3-8H2,1-2H3,(H,16,18)(H,17,20). The number of likely N-dealkylation sites (tertiary alicyclic amines) is 1. The van der Waals surface area contributed by atoms with Gasteiger partial charge in [-0.3, -0.25) is 9.78 Å². The van der Waals surface area contributed by atoms with Gasteiger partial charge in [-0.05, 0) is 33.4 Å². The van der Waals surface area contributed by atoms with Gasteiger partial charge in [-0.25, -0.2) is 4.98 Å². The number of aromatic nitrogens is 2. The van der Waals surface area contributed by atoms with Gasteiger partial charge in [0.05, 0.1) is 12.4 Å². The van der Waals surface area contributed by atoms with E-state index in [0.717, 1.165) is 19.5 Å². The number of anilines is 1. The highest BCUT2D eigenvalue weighted by Gasteiger charge is 2.19. The molecule has 1 fully saturated rings. The van der Waals surface area contributed by atoms with Crippen molar-refractivity contribution in [1.82, 2.24) is 20.2 Å². The monoisotopic (exact) mass is 277 g/mol. The predicted octanol–water partition coefficient (Wildman–Crippen LogP) is 1.12. The number of hydrogen-bond donors (Lipinski definition) is 2. The van der Waals surface area contributed by atoms with Crippen LogP contribution in [-0.2, 0) is 0 Å². The summed E-state index contributed by atoms with van der Waals surface area (Å²) < 4.78 is 0. The third-order valence-electron chi connectivity index (χ3n) is 3.64. The first-order valence-electron chi connectivity index (χ1n) is 7.25. The summed E-state index contributed by atoms with van der Waals surface area (Å²) in [5.41, 5.74) is 0.363. The lowest BCUT2D eigenvalue weighted by molar-refractivity contribution is 0.0923. The van der Waals surface area contributed by atoms with E-state index in [-0.39, 0.29) is 5.91 Å². The number of rotatable bonds is 5. The van der Waals surface area contributed by atoms with Crippen LogP contribution in [-0.4, -0.2) is 53.5 Å². The molecule has 6 nitrogen and oxygen atoms in total. The molecule has 0 aromatic carbocycles. The van der Waals surface area contributed by atoms with Gasteiger partial charge < -0.3 is 15.5 Å². The van der Waals surface area contributed by atoms with Crippen LogP contribution in [0.25, 0.3) is 0 Å². The van der Waals surface area contributed by atoms with E-state index in [0.29, 0.717) is 24.1 Å². The van der Waals surface area contributed by atoms with Crippen molar-refractivity contribution in [2.75, 3.05) is 32.0 Å². The van der Waals surface area contributed by atoms with E-state index in [2.05, 4.69) is 32.5 Å². The van der Waals surface area contributed by atoms with Gasteiger partial charge in [-0.2, -0.15) is 0 Å². The first-order chi connectivity index (χ1) is 9.70. The summed E-state index contributed by atoms with van der Waals surface area (Å²) in [6, 6.07) is 0.428. The van der Waals surface area contributed by atoms with Crippen molar-refractivity contribution >= 4 is 11.7 Å². The Morgan fingerprint density at radius 3 is 3.05 bits per heavy atom. The number of hydrogen-bond acceptors (Lipinski definition) is 5. The van der Waals surface area contributed by atoms with Crippen LogP contribution >= 0.6 is 0 Å². The molecule has 2 rings (SSSR count). The Hall–Kier alpha value is -1.69. The van der Waals surface area contributed by atoms with Gasteiger partial charge in [-0.1, -0.05) is 6.42 Å². The average Bonchev–Trinajstić information content (AvgIpc) is 2.47. The van der Waals surface area contributed by atoms with Crippen LogP contribution in [0.2, 0.25) is 0 Å². The number of nitrogens with zero attached hydrogens (tertiary/aromatic N) is 3. The molecule has 6 heteroatoms. The van der Waals surface area contributed by atoms with Crippen molar-refractivity contribution in [2.24, 2.45) is 0 Å². The Labute approximate surface area is 120 Å². The molecule has 1 aliphatic rings. The summed E-state index contributed by atoms with van der Waals surface area (Å²) in [4.78, 5) is 22.7. The Kier molecular flexibility index (Phi) is 5.29. The Balaban J connectivity index is 1.89. The molecule has 0 radical (unpaired) electrons. The number of carbonyl (C=O) groups is 1. The second-order valence-electron chi connectivity index (χ2n) is 5.16. The van der Waals surface area contributed by atoms with Crippen LogP contribution in [0, 0.1) is 0 Å². The van der Waals surface area contributed by atoms with Crippen LogP contribution in [0.3, 0.4) is 0 Å². The zero-order chi connectivity index (χ0) is 14.4. The Bertz CT molecular complexity index is 451. The lowest BCUT2D eigenvalue weighted by atomic mass is 10.0. The van der Waals surface area contributed by atoms with Gasteiger partial charge in [-0.15, -0.1) is 0 Å². The molecule has 2 N–H and O–H groups in total. The van der Waals surface area contributed by atoms with Crippen LogP contribution < -0.4 is 10.6 Å². The summed E-state index contributed by atoms with van der Waals surface area (Å²) in [7, 11) is 2.11. The second-order valence-corrected chi connectivity index (χ2v) is 5.16. The molecular weight excluding hydrogens is 254 g/mol. The summed E-state index contributed by atoms with van der Waals surface area (Å²) in [6.45, 7) is 4.51. The fourth-order valence-electron chi connectivity index (χ4n) is 2.44. The van der Waals surface area contributed by atoms with E-state index in [1.165, 1.54) is 19.0 Å². The largest absolute Gasteiger partial charge is 0.369 e. The normalized spacial score (nSPS) is 19.6. The molecular formula is C14H23N5O. The molecule has 1 saturated heterocycles. The number of amides is 1. The highest BCUT2D eigenvalue weighted by atomic mass is 16.1. The van der Waals surface area contributed by atoms with Gasteiger partial charge in [0, 0.05) is 19.1 Å². The van der Waals surface area contributed by atoms with Gasteiger partial charge in [0.1, 0.15) is 11.5 Å². The minimum Gasteiger partial charge on any atom is -0.369 e. The molecule has 0 spiro atoms. The molecule has 2 heterocycles. The van der Waals surface area contributed by atoms with Crippen molar-refractivity contribution in [3.63, 3.8) is 0 Å². The highest BCUT2D eigenvalue weighted by Crippen LogP contribution is 2.14. The third kappa shape index (κ3) is 3.90. The molecule has 1 aliphatic heterocycles. The molecule has 0 aliphatic carbocycles. The fourth-order valence-corrected chi connectivity index (χ4v) is 2.44. The summed E-state index contributed by atoms with van der Waals surface area (Å²) in [6.07, 6.45) is 6.74. The molecule has 110 valence electrons. The first kappa shape index (κ1) is 14.7. The maximum absolute atomic E-state index is 12.1. The molecule has 1 unspecified atom stereocenters. The zero-order valence-corrected chi connectivity index (χ0v) is 12.2. The highest BCUT2D eigenvalue weighted by molar-refractivity contribution is 5.92. The number of nitrogens with one attached hydrogen (secondary N) is 2. The first-order valence-corrected chi connectivity index (χ1v) is 7.25. The number of piperidine rings is 1. The minimum absolute atomic E-state index is 0.156. The topological polar surface area (TPSA) is 70.2 Å². The van der Waals surface area contributed by atoms with Gasteiger partial charge >= 0.3 is 0 Å². The number of carbonyl (C=O) groups excluding carboxylic acids is 1. The zero-order valence-electron chi connectivity index (χ0n) is 12.2. The van der Waals surface area contributed by atoms with E-state index >= 15 is 0 Å². The predicted molar refractivity (Wildman–Crippen MR) is 78.8 cm³/mol. The van der Waals surface area contributed by atoms with Gasteiger partial charge in [0.25, 0.3) is 5.91 Å². The summed E-state index contributed by atoms with van der Waals surface area (Å²) in [5, 5.41) is 6.01. The van der Waals surface area contributed by atoms with Crippen LogP contribution in [0.4, 0.5) is 5.82 Å². The van der Waals surface area contributed by atoms with Crippen molar-refractivity contribution in [3.8, 4) is 0 Å². The van der Waals surface area contributed by atoms with Gasteiger partial charge in [0.2, 0.25) is 0 Å². The van der Waals surface area contributed by atoms with Crippen molar-refractivity contribution < 1.29 is 4.79 Å². The lowest BCUT2D eigenvalue weighted by Crippen LogP contribution is -2.44. The molecule has 0 bridgehead atoms. The Morgan fingerprint density at radius 2 is 2.30 bits per heavy atom. The minimum atomic E-state index is -0.156. The maximum atomic E-state index is 12.1. The fraction of sp³-hybridized carbons (Fsp3) is 0.643. The van der Waals surface area contributed by atoms with Gasteiger partial charge in [0.15, 0.2) is 0 Å². The summed E-state index contributed by atoms with van der Waals surface area (Å²) >= 11 is 0.